The number of fused-ring (bicyclic) bond motifs is 2. The molecule has 0 N–H and O–H groups in total. The van der Waals surface area contributed by atoms with Crippen molar-refractivity contribution in [3.8, 4) is 0 Å². The third-order valence-corrected chi connectivity index (χ3v) is 4.71. The molecule has 3 aliphatic rings. The summed E-state index contributed by atoms with van der Waals surface area (Å²) in [6, 6.07) is 0. The van der Waals surface area contributed by atoms with Gasteiger partial charge in [-0.3, -0.25) is 0 Å². The first-order valence-corrected chi connectivity index (χ1v) is 5.13. The minimum atomic E-state index is 0.991. The maximum atomic E-state index is 2.46. The van der Waals surface area contributed by atoms with Crippen molar-refractivity contribution in [2.45, 2.75) is 34.1 Å². The summed E-state index contributed by atoms with van der Waals surface area (Å²) >= 11 is 0. The van der Waals surface area contributed by atoms with Gasteiger partial charge in [-0.25, -0.2) is 0 Å². The Hall–Kier alpha value is 0. The molecule has 0 aromatic heterocycles. The van der Waals surface area contributed by atoms with Crippen molar-refractivity contribution < 1.29 is 0 Å². The lowest BCUT2D eigenvalue weighted by Gasteiger charge is -2.59. The molecule has 4 atom stereocenters. The first kappa shape index (κ1) is 7.64. The maximum absolute atomic E-state index is 2.46. The van der Waals surface area contributed by atoms with Crippen LogP contribution in [-0.4, -0.2) is 0 Å². The van der Waals surface area contributed by atoms with Gasteiger partial charge in [0.25, 0.3) is 0 Å². The van der Waals surface area contributed by atoms with Crippen molar-refractivity contribution >= 4 is 0 Å². The van der Waals surface area contributed by atoms with E-state index in [9.17, 15) is 0 Å². The molecule has 0 nitrogen and oxygen atoms in total. The Morgan fingerprint density at radius 2 is 1.36 bits per heavy atom. The first-order valence-electron chi connectivity index (χ1n) is 5.13. The SMILES string of the molecule is CC1CC2C(C)C(C1C)C2C. The van der Waals surface area contributed by atoms with Crippen LogP contribution in [0.4, 0.5) is 0 Å². The standard InChI is InChI=1S/C11H20/c1-6-5-10-8(3)11(7(6)2)9(10)4/h6-11H,5H2,1-4H3. The molecule has 3 saturated carbocycles. The van der Waals surface area contributed by atoms with Crippen molar-refractivity contribution in [1.29, 1.82) is 0 Å². The molecule has 0 aromatic carbocycles. The molecule has 3 rings (SSSR count). The Bertz CT molecular complexity index is 151. The summed E-state index contributed by atoms with van der Waals surface area (Å²) in [7, 11) is 0. The lowest BCUT2D eigenvalue weighted by molar-refractivity contribution is -0.110. The van der Waals surface area contributed by atoms with Crippen molar-refractivity contribution in [2.24, 2.45) is 35.5 Å². The van der Waals surface area contributed by atoms with Crippen LogP contribution in [0, 0.1) is 35.5 Å². The molecular weight excluding hydrogens is 132 g/mol. The second-order valence-electron chi connectivity index (χ2n) is 5.03. The molecule has 0 saturated heterocycles. The van der Waals surface area contributed by atoms with Gasteiger partial charge >= 0.3 is 0 Å². The normalized spacial score (nSPS) is 62.2. The van der Waals surface area contributed by atoms with Crippen LogP contribution in [0.3, 0.4) is 0 Å². The average Bonchev–Trinajstić information content (AvgIpc) is 1.97. The Balaban J connectivity index is 2.14. The summed E-state index contributed by atoms with van der Waals surface area (Å²) in [6.45, 7) is 9.80. The van der Waals surface area contributed by atoms with Gasteiger partial charge in [0.05, 0.1) is 0 Å². The first-order chi connectivity index (χ1) is 5.13. The molecule has 0 spiro atoms. The van der Waals surface area contributed by atoms with Crippen LogP contribution in [0.2, 0.25) is 0 Å². The highest BCUT2D eigenvalue weighted by molar-refractivity contribution is 5.00. The van der Waals surface area contributed by atoms with Crippen molar-refractivity contribution in [1.82, 2.24) is 0 Å². The lowest BCUT2D eigenvalue weighted by Crippen LogP contribution is -2.53. The van der Waals surface area contributed by atoms with E-state index in [2.05, 4.69) is 27.7 Å². The largest absolute Gasteiger partial charge is 0.0622 e. The van der Waals surface area contributed by atoms with Crippen molar-refractivity contribution in [3.05, 3.63) is 0 Å². The molecule has 3 fully saturated rings. The minimum Gasteiger partial charge on any atom is -0.0622 e. The second kappa shape index (κ2) is 2.24. The number of rotatable bonds is 0. The molecule has 0 aromatic rings. The van der Waals surface area contributed by atoms with Crippen LogP contribution in [0.1, 0.15) is 34.1 Å². The molecular formula is C11H20. The molecule has 0 radical (unpaired) electrons. The van der Waals surface area contributed by atoms with E-state index >= 15 is 0 Å². The molecule has 64 valence electrons. The van der Waals surface area contributed by atoms with Gasteiger partial charge in [-0.2, -0.15) is 0 Å². The third-order valence-electron chi connectivity index (χ3n) is 4.71. The van der Waals surface area contributed by atoms with Crippen molar-refractivity contribution in [2.75, 3.05) is 0 Å². The van der Waals surface area contributed by atoms with Crippen LogP contribution >= 0.6 is 0 Å². The zero-order valence-electron chi connectivity index (χ0n) is 8.17. The average molecular weight is 152 g/mol. The second-order valence-corrected chi connectivity index (χ2v) is 5.03. The predicted molar refractivity (Wildman–Crippen MR) is 48.3 cm³/mol. The summed E-state index contributed by atoms with van der Waals surface area (Å²) in [5, 5.41) is 0. The fourth-order valence-electron chi connectivity index (χ4n) is 3.79. The number of hydrogen-bond donors (Lipinski definition) is 0. The zero-order valence-corrected chi connectivity index (χ0v) is 8.17. The topological polar surface area (TPSA) is 0 Å². The van der Waals surface area contributed by atoms with Crippen LogP contribution in [0.25, 0.3) is 0 Å². The molecule has 11 heavy (non-hydrogen) atoms. The lowest BCUT2D eigenvalue weighted by atomic mass is 9.46. The maximum Gasteiger partial charge on any atom is -0.0329 e. The van der Waals surface area contributed by atoms with E-state index in [0.717, 1.165) is 35.5 Å². The van der Waals surface area contributed by atoms with E-state index in [-0.39, 0.29) is 0 Å². The summed E-state index contributed by atoms with van der Waals surface area (Å²) in [4.78, 5) is 0. The Morgan fingerprint density at radius 1 is 0.818 bits per heavy atom. The van der Waals surface area contributed by atoms with Gasteiger partial charge < -0.3 is 0 Å². The van der Waals surface area contributed by atoms with Gasteiger partial charge in [-0.1, -0.05) is 27.7 Å². The van der Waals surface area contributed by atoms with Gasteiger partial charge in [-0.05, 0) is 41.9 Å². The quantitative estimate of drug-likeness (QED) is 0.500. The van der Waals surface area contributed by atoms with E-state index in [4.69, 9.17) is 0 Å². The molecule has 0 aliphatic heterocycles. The highest BCUT2D eigenvalue weighted by Gasteiger charge is 2.52. The van der Waals surface area contributed by atoms with E-state index < -0.39 is 0 Å². The van der Waals surface area contributed by atoms with Crippen LogP contribution in [-0.2, 0) is 0 Å². The van der Waals surface area contributed by atoms with E-state index in [1.54, 1.807) is 0 Å². The Morgan fingerprint density at radius 3 is 1.73 bits per heavy atom. The zero-order chi connectivity index (χ0) is 8.17. The van der Waals surface area contributed by atoms with Gasteiger partial charge in [0, 0.05) is 0 Å². The highest BCUT2D eigenvalue weighted by atomic mass is 14.6. The summed E-state index contributed by atoms with van der Waals surface area (Å²) < 4.78 is 0. The molecule has 0 amide bonds. The van der Waals surface area contributed by atoms with E-state index in [0.29, 0.717) is 0 Å². The molecule has 0 heteroatoms. The summed E-state index contributed by atoms with van der Waals surface area (Å²) in [6.07, 6.45) is 1.50. The van der Waals surface area contributed by atoms with Crippen LogP contribution in [0.5, 0.6) is 0 Å². The van der Waals surface area contributed by atoms with E-state index in [1.807, 2.05) is 0 Å². The Kier molecular flexibility index (Phi) is 1.56. The van der Waals surface area contributed by atoms with Gasteiger partial charge in [0.2, 0.25) is 0 Å². The van der Waals surface area contributed by atoms with Gasteiger partial charge in [0.15, 0.2) is 0 Å². The predicted octanol–water partition coefficient (Wildman–Crippen LogP) is 3.18. The van der Waals surface area contributed by atoms with Crippen molar-refractivity contribution in [3.63, 3.8) is 0 Å². The van der Waals surface area contributed by atoms with Crippen LogP contribution in [0.15, 0.2) is 0 Å². The molecule has 0 heterocycles. The van der Waals surface area contributed by atoms with Gasteiger partial charge in [0.1, 0.15) is 0 Å². The molecule has 4 unspecified atom stereocenters. The van der Waals surface area contributed by atoms with Crippen LogP contribution < -0.4 is 0 Å². The third kappa shape index (κ3) is 0.816. The fourth-order valence-corrected chi connectivity index (χ4v) is 3.79. The van der Waals surface area contributed by atoms with E-state index in [1.165, 1.54) is 6.42 Å². The molecule has 3 aliphatic carbocycles. The summed E-state index contributed by atoms with van der Waals surface area (Å²) in [5.74, 6) is 6.20. The highest BCUT2D eigenvalue weighted by Crippen LogP contribution is 2.58. The molecule has 2 bridgehead atoms. The summed E-state index contributed by atoms with van der Waals surface area (Å²) in [5.41, 5.74) is 0. The minimum absolute atomic E-state index is 0.991. The number of hydrogen-bond acceptors (Lipinski definition) is 0. The Labute approximate surface area is 70.4 Å². The fraction of sp³-hybridized carbons (Fsp3) is 1.00. The smallest absolute Gasteiger partial charge is 0.0329 e. The van der Waals surface area contributed by atoms with Gasteiger partial charge in [-0.15, -0.1) is 0 Å². The monoisotopic (exact) mass is 152 g/mol.